The molecule has 0 aliphatic heterocycles. The Bertz CT molecular complexity index is 365. The van der Waals surface area contributed by atoms with E-state index >= 15 is 0 Å². The summed E-state index contributed by atoms with van der Waals surface area (Å²) in [5.74, 6) is 0. The van der Waals surface area contributed by atoms with Crippen LogP contribution in [0.4, 0.5) is 0 Å². The maximum atomic E-state index is 10.1. The summed E-state index contributed by atoms with van der Waals surface area (Å²) in [7, 11) is 0. The molecule has 0 aromatic carbocycles. The summed E-state index contributed by atoms with van der Waals surface area (Å²) in [6.07, 6.45) is 9.15. The first-order valence-corrected chi connectivity index (χ1v) is 7.97. The molecular weight excluding hydrogens is 300 g/mol. The largest absolute Gasteiger partial charge is 0.396 e. The molecule has 1 aliphatic rings. The number of aliphatic imine (C=N–C) groups is 2. The zero-order chi connectivity index (χ0) is 17.6. The van der Waals surface area contributed by atoms with Crippen molar-refractivity contribution in [1.29, 1.82) is 0 Å². The van der Waals surface area contributed by atoms with Crippen LogP contribution < -0.4 is 0 Å². The van der Waals surface area contributed by atoms with Gasteiger partial charge in [0.25, 0.3) is 0 Å². The highest BCUT2D eigenvalue weighted by Gasteiger charge is 2.31. The molecule has 132 valence electrons. The molecular formula is C16H28N2O5. The van der Waals surface area contributed by atoms with E-state index in [4.69, 9.17) is 15.3 Å². The van der Waals surface area contributed by atoms with Crippen molar-refractivity contribution in [1.82, 2.24) is 0 Å². The molecule has 0 radical (unpaired) electrons. The predicted octanol–water partition coefficient (Wildman–Crippen LogP) is 0.968. The minimum Gasteiger partial charge on any atom is -0.396 e. The van der Waals surface area contributed by atoms with Gasteiger partial charge >= 0.3 is 0 Å². The van der Waals surface area contributed by atoms with E-state index in [0.717, 1.165) is 25.7 Å². The second-order valence-electron chi connectivity index (χ2n) is 6.20. The van der Waals surface area contributed by atoms with E-state index < -0.39 is 5.41 Å². The van der Waals surface area contributed by atoms with E-state index in [-0.39, 0.29) is 25.2 Å². The third-order valence-corrected chi connectivity index (χ3v) is 4.63. The van der Waals surface area contributed by atoms with Gasteiger partial charge in [0.05, 0.1) is 32.9 Å². The Kier molecular flexibility index (Phi) is 11.4. The van der Waals surface area contributed by atoms with Crippen LogP contribution in [0.25, 0.3) is 0 Å². The monoisotopic (exact) mass is 328 g/mol. The summed E-state index contributed by atoms with van der Waals surface area (Å²) in [6, 6.07) is 0. The van der Waals surface area contributed by atoms with Gasteiger partial charge in [0.1, 0.15) is 0 Å². The Morgan fingerprint density at radius 1 is 0.913 bits per heavy atom. The van der Waals surface area contributed by atoms with Gasteiger partial charge in [-0.3, -0.25) is 0 Å². The molecule has 23 heavy (non-hydrogen) atoms. The van der Waals surface area contributed by atoms with Crippen LogP contribution in [-0.4, -0.2) is 60.4 Å². The normalized spacial score (nSPS) is 16.3. The molecule has 7 nitrogen and oxygen atoms in total. The fraction of sp³-hybridized carbons (Fsp3) is 0.875. The van der Waals surface area contributed by atoms with Crippen molar-refractivity contribution in [3.63, 3.8) is 0 Å². The van der Waals surface area contributed by atoms with Crippen molar-refractivity contribution in [2.75, 3.05) is 32.9 Å². The van der Waals surface area contributed by atoms with Gasteiger partial charge in [-0.2, -0.15) is 0 Å². The lowest BCUT2D eigenvalue weighted by molar-refractivity contribution is 0.00304. The number of isocyanates is 2. The van der Waals surface area contributed by atoms with Gasteiger partial charge in [-0.05, 0) is 19.3 Å². The molecule has 0 aromatic rings. The molecule has 0 amide bonds. The molecule has 0 spiro atoms. The average Bonchev–Trinajstić information content (AvgIpc) is 2.62. The van der Waals surface area contributed by atoms with E-state index in [1.807, 2.05) is 6.92 Å². The highest BCUT2D eigenvalue weighted by Crippen LogP contribution is 2.36. The second-order valence-corrected chi connectivity index (χ2v) is 6.20. The Morgan fingerprint density at radius 3 is 1.61 bits per heavy atom. The number of nitrogens with zero attached hydrogens (tertiary/aromatic N) is 2. The average molecular weight is 328 g/mol. The molecule has 0 heterocycles. The molecule has 0 unspecified atom stereocenters. The maximum absolute atomic E-state index is 10.1. The summed E-state index contributed by atoms with van der Waals surface area (Å²) < 4.78 is 0. The fourth-order valence-electron chi connectivity index (χ4n) is 2.55. The summed E-state index contributed by atoms with van der Waals surface area (Å²) in [6.45, 7) is 2.25. The lowest BCUT2D eigenvalue weighted by Gasteiger charge is -2.33. The minimum absolute atomic E-state index is 0.0763. The van der Waals surface area contributed by atoms with E-state index in [1.54, 1.807) is 12.2 Å². The summed E-state index contributed by atoms with van der Waals surface area (Å²) in [5, 5.41) is 26.0. The molecule has 1 saturated carbocycles. The number of hydrogen-bond donors (Lipinski definition) is 3. The quantitative estimate of drug-likeness (QED) is 0.453. The fourth-order valence-corrected chi connectivity index (χ4v) is 2.55. The maximum Gasteiger partial charge on any atom is 0.234 e. The van der Waals surface area contributed by atoms with Crippen molar-refractivity contribution >= 4 is 12.2 Å². The topological polar surface area (TPSA) is 120 Å². The van der Waals surface area contributed by atoms with Crippen molar-refractivity contribution in [3.8, 4) is 0 Å². The van der Waals surface area contributed by atoms with Crippen LogP contribution in [0, 0.1) is 10.8 Å². The first-order valence-electron chi connectivity index (χ1n) is 7.97. The summed E-state index contributed by atoms with van der Waals surface area (Å²) in [4.78, 5) is 27.4. The Balaban J connectivity index is 0.000000468. The number of carbonyl (C=O) groups excluding carboxylic acids is 2. The first-order chi connectivity index (χ1) is 11.1. The summed E-state index contributed by atoms with van der Waals surface area (Å²) >= 11 is 0. The molecule has 0 aromatic heterocycles. The van der Waals surface area contributed by atoms with E-state index in [2.05, 4.69) is 9.98 Å². The predicted molar refractivity (Wildman–Crippen MR) is 85.5 cm³/mol. The van der Waals surface area contributed by atoms with Gasteiger partial charge in [0.2, 0.25) is 12.2 Å². The minimum atomic E-state index is -0.667. The zero-order valence-electron chi connectivity index (χ0n) is 13.8. The number of hydrogen-bond acceptors (Lipinski definition) is 7. The van der Waals surface area contributed by atoms with Gasteiger partial charge < -0.3 is 15.3 Å². The third kappa shape index (κ3) is 7.64. The Labute approximate surface area is 137 Å². The van der Waals surface area contributed by atoms with Crippen LogP contribution in [0.3, 0.4) is 0 Å². The van der Waals surface area contributed by atoms with E-state index in [0.29, 0.717) is 19.5 Å². The van der Waals surface area contributed by atoms with Gasteiger partial charge in [-0.1, -0.05) is 26.2 Å². The standard InChI is InChI=1S/C10H14N2O2.C6H14O3/c13-8-11-6-10(7-12-9-14)4-2-1-3-5-10;1-2-6(3-7,4-8)5-9/h1-7H2;7-9H,2-5H2,1H3. The van der Waals surface area contributed by atoms with Crippen molar-refractivity contribution in [2.45, 2.75) is 45.4 Å². The van der Waals surface area contributed by atoms with Crippen LogP contribution in [0.2, 0.25) is 0 Å². The number of aliphatic hydroxyl groups excluding tert-OH is 3. The lowest BCUT2D eigenvalue weighted by Crippen LogP contribution is -2.32. The lowest BCUT2D eigenvalue weighted by atomic mass is 9.74. The molecule has 3 N–H and O–H groups in total. The van der Waals surface area contributed by atoms with Crippen LogP contribution in [0.5, 0.6) is 0 Å². The molecule has 7 heteroatoms. The highest BCUT2D eigenvalue weighted by atomic mass is 16.3. The molecule has 0 saturated heterocycles. The molecule has 0 atom stereocenters. The van der Waals surface area contributed by atoms with E-state index in [9.17, 15) is 9.59 Å². The van der Waals surface area contributed by atoms with Crippen molar-refractivity contribution in [3.05, 3.63) is 0 Å². The van der Waals surface area contributed by atoms with Crippen LogP contribution in [-0.2, 0) is 9.59 Å². The Morgan fingerprint density at radius 2 is 1.35 bits per heavy atom. The first kappa shape index (κ1) is 21.6. The Hall–Kier alpha value is -1.36. The summed E-state index contributed by atoms with van der Waals surface area (Å²) in [5.41, 5.74) is -0.743. The van der Waals surface area contributed by atoms with Gasteiger partial charge in [-0.25, -0.2) is 19.6 Å². The van der Waals surface area contributed by atoms with E-state index in [1.165, 1.54) is 6.42 Å². The number of rotatable bonds is 8. The van der Waals surface area contributed by atoms with Crippen LogP contribution in [0.1, 0.15) is 45.4 Å². The number of aliphatic hydroxyl groups is 3. The van der Waals surface area contributed by atoms with Gasteiger partial charge in [-0.15, -0.1) is 0 Å². The van der Waals surface area contributed by atoms with Crippen LogP contribution >= 0.6 is 0 Å². The SMILES string of the molecule is CCC(CO)(CO)CO.O=C=NCC1(CN=C=O)CCCCC1. The van der Waals surface area contributed by atoms with Gasteiger partial charge in [0.15, 0.2) is 0 Å². The molecule has 1 aliphatic carbocycles. The second kappa shape index (κ2) is 12.1. The molecule has 0 bridgehead atoms. The zero-order valence-corrected chi connectivity index (χ0v) is 13.8. The van der Waals surface area contributed by atoms with Crippen LogP contribution in [0.15, 0.2) is 9.98 Å². The smallest absolute Gasteiger partial charge is 0.234 e. The van der Waals surface area contributed by atoms with Crippen molar-refractivity contribution in [2.24, 2.45) is 20.8 Å². The third-order valence-electron chi connectivity index (χ3n) is 4.63. The van der Waals surface area contributed by atoms with Crippen molar-refractivity contribution < 1.29 is 24.9 Å². The highest BCUT2D eigenvalue weighted by molar-refractivity contribution is 5.34. The van der Waals surface area contributed by atoms with Gasteiger partial charge in [0, 0.05) is 10.8 Å². The molecule has 1 rings (SSSR count). The molecule has 1 fully saturated rings.